The Bertz CT molecular complexity index is 485. The Morgan fingerprint density at radius 2 is 2.43 bits per heavy atom. The number of amides is 1. The number of likely N-dealkylation sites (tertiary alicyclic amines) is 1. The first-order chi connectivity index (χ1) is 10.1. The van der Waals surface area contributed by atoms with Crippen molar-refractivity contribution in [3.63, 3.8) is 0 Å². The van der Waals surface area contributed by atoms with Gasteiger partial charge in [-0.05, 0) is 32.0 Å². The molecule has 2 heterocycles. The lowest BCUT2D eigenvalue weighted by molar-refractivity contribution is 0.0659. The first-order valence-corrected chi connectivity index (χ1v) is 6.94. The smallest absolute Gasteiger partial charge is 0.276 e. The van der Waals surface area contributed by atoms with Crippen molar-refractivity contribution in [2.45, 2.75) is 25.3 Å². The van der Waals surface area contributed by atoms with Crippen molar-refractivity contribution in [3.8, 4) is 5.75 Å². The van der Waals surface area contributed by atoms with Crippen LogP contribution in [0.4, 0.5) is 8.78 Å². The summed E-state index contributed by atoms with van der Waals surface area (Å²) in [5.74, 6) is -0.172. The van der Waals surface area contributed by atoms with E-state index in [0.717, 1.165) is 12.8 Å². The Kier molecular flexibility index (Phi) is 5.44. The van der Waals surface area contributed by atoms with Crippen molar-refractivity contribution in [1.82, 2.24) is 15.2 Å². The van der Waals surface area contributed by atoms with Gasteiger partial charge in [-0.2, -0.15) is 0 Å². The fraction of sp³-hybridized carbons (Fsp3) is 0.571. The minimum absolute atomic E-state index is 0.0925. The molecule has 1 aliphatic rings. The van der Waals surface area contributed by atoms with Crippen LogP contribution in [0.3, 0.4) is 0 Å². The van der Waals surface area contributed by atoms with E-state index < -0.39 is 13.0 Å². The number of carbonyl (C=O) groups excluding carboxylic acids is 1. The molecule has 1 saturated heterocycles. The fourth-order valence-corrected chi connectivity index (χ4v) is 2.37. The van der Waals surface area contributed by atoms with Crippen molar-refractivity contribution in [1.29, 1.82) is 0 Å². The zero-order valence-electron chi connectivity index (χ0n) is 11.9. The summed E-state index contributed by atoms with van der Waals surface area (Å²) in [6.07, 6.45) is 0.785. The standard InChI is InChI=1S/C14H19F2N3O2/c1-17-10-4-3-7-19(8-10)14(20)13-11(5-2-6-18-13)21-9-12(15)16/h2,5-6,10,12,17H,3-4,7-9H2,1H3. The SMILES string of the molecule is CNC1CCCN(C(=O)c2ncccc2OCC(F)F)C1. The van der Waals surface area contributed by atoms with Crippen LogP contribution in [0.1, 0.15) is 23.3 Å². The third-order valence-electron chi connectivity index (χ3n) is 3.45. The summed E-state index contributed by atoms with van der Waals surface area (Å²) in [7, 11) is 1.86. The van der Waals surface area contributed by atoms with Gasteiger partial charge in [0.1, 0.15) is 6.61 Å². The van der Waals surface area contributed by atoms with Gasteiger partial charge in [-0.15, -0.1) is 0 Å². The molecule has 0 radical (unpaired) electrons. The Balaban J connectivity index is 2.11. The third-order valence-corrected chi connectivity index (χ3v) is 3.45. The maximum atomic E-state index is 12.5. The van der Waals surface area contributed by atoms with E-state index in [2.05, 4.69) is 10.3 Å². The van der Waals surface area contributed by atoms with Crippen LogP contribution in [-0.4, -0.2) is 55.0 Å². The number of rotatable bonds is 5. The molecule has 0 bridgehead atoms. The molecule has 1 aromatic heterocycles. The second-order valence-corrected chi connectivity index (χ2v) is 4.93. The van der Waals surface area contributed by atoms with Crippen LogP contribution in [-0.2, 0) is 0 Å². The number of aromatic nitrogens is 1. The van der Waals surface area contributed by atoms with Gasteiger partial charge >= 0.3 is 0 Å². The van der Waals surface area contributed by atoms with Crippen LogP contribution in [0.5, 0.6) is 5.75 Å². The van der Waals surface area contributed by atoms with E-state index >= 15 is 0 Å². The molecule has 116 valence electrons. The Labute approximate surface area is 122 Å². The number of alkyl halides is 2. The number of ether oxygens (including phenoxy) is 1. The number of pyridine rings is 1. The fourth-order valence-electron chi connectivity index (χ4n) is 2.37. The summed E-state index contributed by atoms with van der Waals surface area (Å²) in [5, 5.41) is 3.15. The summed E-state index contributed by atoms with van der Waals surface area (Å²) >= 11 is 0. The van der Waals surface area contributed by atoms with Crippen molar-refractivity contribution in [2.75, 3.05) is 26.7 Å². The van der Waals surface area contributed by atoms with Gasteiger partial charge in [0.15, 0.2) is 11.4 Å². The maximum Gasteiger partial charge on any atom is 0.276 e. The predicted molar refractivity (Wildman–Crippen MR) is 73.7 cm³/mol. The molecule has 0 saturated carbocycles. The Hall–Kier alpha value is -1.76. The minimum Gasteiger partial charge on any atom is -0.485 e. The number of likely N-dealkylation sites (N-methyl/N-ethyl adjacent to an activating group) is 1. The summed E-state index contributed by atoms with van der Waals surface area (Å²) in [4.78, 5) is 18.2. The molecule has 0 aromatic carbocycles. The number of hydrogen-bond donors (Lipinski definition) is 1. The molecule has 0 spiro atoms. The van der Waals surface area contributed by atoms with Gasteiger partial charge in [0.2, 0.25) is 0 Å². The molecule has 1 amide bonds. The van der Waals surface area contributed by atoms with Gasteiger partial charge in [0.25, 0.3) is 12.3 Å². The molecule has 1 atom stereocenters. The molecule has 0 aliphatic carbocycles. The molecule has 21 heavy (non-hydrogen) atoms. The second-order valence-electron chi connectivity index (χ2n) is 4.93. The van der Waals surface area contributed by atoms with E-state index in [1.807, 2.05) is 7.05 Å². The van der Waals surface area contributed by atoms with Crippen LogP contribution in [0.15, 0.2) is 18.3 Å². The molecular weight excluding hydrogens is 280 g/mol. The van der Waals surface area contributed by atoms with Crippen molar-refractivity contribution < 1.29 is 18.3 Å². The zero-order valence-corrected chi connectivity index (χ0v) is 11.9. The zero-order chi connectivity index (χ0) is 15.2. The Morgan fingerprint density at radius 3 is 3.14 bits per heavy atom. The molecule has 7 heteroatoms. The van der Waals surface area contributed by atoms with Gasteiger partial charge < -0.3 is 15.0 Å². The minimum atomic E-state index is -2.59. The van der Waals surface area contributed by atoms with Crippen LogP contribution in [0.2, 0.25) is 0 Å². The highest BCUT2D eigenvalue weighted by Crippen LogP contribution is 2.20. The van der Waals surface area contributed by atoms with Crippen molar-refractivity contribution in [2.24, 2.45) is 0 Å². The lowest BCUT2D eigenvalue weighted by Crippen LogP contribution is -2.47. The predicted octanol–water partition coefficient (Wildman–Crippen LogP) is 1.55. The van der Waals surface area contributed by atoms with Gasteiger partial charge in [0.05, 0.1) is 0 Å². The van der Waals surface area contributed by atoms with E-state index in [-0.39, 0.29) is 23.4 Å². The van der Waals surface area contributed by atoms with E-state index in [0.29, 0.717) is 13.1 Å². The van der Waals surface area contributed by atoms with Crippen LogP contribution in [0, 0.1) is 0 Å². The monoisotopic (exact) mass is 299 g/mol. The quantitative estimate of drug-likeness (QED) is 0.896. The first-order valence-electron chi connectivity index (χ1n) is 6.94. The van der Waals surface area contributed by atoms with Crippen LogP contribution >= 0.6 is 0 Å². The third kappa shape index (κ3) is 4.10. The highest BCUT2D eigenvalue weighted by Gasteiger charge is 2.26. The van der Waals surface area contributed by atoms with Crippen molar-refractivity contribution in [3.05, 3.63) is 24.0 Å². The largest absolute Gasteiger partial charge is 0.485 e. The van der Waals surface area contributed by atoms with Gasteiger partial charge in [-0.25, -0.2) is 13.8 Å². The highest BCUT2D eigenvalue weighted by atomic mass is 19.3. The molecule has 1 aromatic rings. The molecule has 1 fully saturated rings. The van der Waals surface area contributed by atoms with Crippen LogP contribution in [0.25, 0.3) is 0 Å². The molecule has 2 rings (SSSR count). The van der Waals surface area contributed by atoms with Crippen LogP contribution < -0.4 is 10.1 Å². The van der Waals surface area contributed by atoms with Gasteiger partial charge in [-0.1, -0.05) is 0 Å². The number of piperidine rings is 1. The highest BCUT2D eigenvalue weighted by molar-refractivity contribution is 5.95. The first kappa shape index (κ1) is 15.6. The van der Waals surface area contributed by atoms with Gasteiger partial charge in [0, 0.05) is 25.3 Å². The van der Waals surface area contributed by atoms with E-state index in [4.69, 9.17) is 4.74 Å². The number of hydrogen-bond acceptors (Lipinski definition) is 4. The summed E-state index contributed by atoms with van der Waals surface area (Å²) in [6, 6.07) is 3.29. The number of carbonyl (C=O) groups is 1. The maximum absolute atomic E-state index is 12.5. The summed E-state index contributed by atoms with van der Waals surface area (Å²) in [6.45, 7) is 0.479. The van der Waals surface area contributed by atoms with Gasteiger partial charge in [-0.3, -0.25) is 4.79 Å². The molecule has 5 nitrogen and oxygen atoms in total. The normalized spacial score (nSPS) is 18.9. The van der Waals surface area contributed by atoms with E-state index in [9.17, 15) is 13.6 Å². The topological polar surface area (TPSA) is 54.5 Å². The van der Waals surface area contributed by atoms with E-state index in [1.54, 1.807) is 11.0 Å². The number of nitrogens with one attached hydrogen (secondary N) is 1. The molecule has 1 unspecified atom stereocenters. The lowest BCUT2D eigenvalue weighted by atomic mass is 10.1. The number of nitrogens with zero attached hydrogens (tertiary/aromatic N) is 2. The Morgan fingerprint density at radius 1 is 1.62 bits per heavy atom. The summed E-state index contributed by atoms with van der Waals surface area (Å²) in [5.41, 5.74) is 0.0925. The molecule has 1 N–H and O–H groups in total. The van der Waals surface area contributed by atoms with E-state index in [1.165, 1.54) is 12.3 Å². The number of halogens is 2. The molecular formula is C14H19F2N3O2. The summed E-state index contributed by atoms with van der Waals surface area (Å²) < 4.78 is 29.5. The average Bonchev–Trinajstić information content (AvgIpc) is 2.52. The lowest BCUT2D eigenvalue weighted by Gasteiger charge is -2.32. The molecule has 1 aliphatic heterocycles. The average molecular weight is 299 g/mol. The second kappa shape index (κ2) is 7.31. The van der Waals surface area contributed by atoms with Crippen molar-refractivity contribution >= 4 is 5.91 Å².